The summed E-state index contributed by atoms with van der Waals surface area (Å²) in [6, 6.07) is 6.69. The fourth-order valence-corrected chi connectivity index (χ4v) is 3.55. The van der Waals surface area contributed by atoms with Crippen LogP contribution in [0.25, 0.3) is 39.0 Å². The van der Waals surface area contributed by atoms with Gasteiger partial charge in [0.15, 0.2) is 11.2 Å². The van der Waals surface area contributed by atoms with Crippen molar-refractivity contribution in [1.29, 1.82) is 0 Å². The summed E-state index contributed by atoms with van der Waals surface area (Å²) in [7, 11) is 1.49. The predicted octanol–water partition coefficient (Wildman–Crippen LogP) is 4.59. The van der Waals surface area contributed by atoms with E-state index in [9.17, 15) is 9.90 Å². The highest BCUT2D eigenvalue weighted by Gasteiger charge is 2.26. The van der Waals surface area contributed by atoms with E-state index in [-0.39, 0.29) is 11.1 Å². The molecular weight excluding hydrogens is 348 g/mol. The fourth-order valence-electron chi connectivity index (χ4n) is 3.55. The lowest BCUT2D eigenvalue weighted by Gasteiger charge is -2.27. The van der Waals surface area contributed by atoms with E-state index in [1.54, 1.807) is 12.1 Å². The van der Waals surface area contributed by atoms with Gasteiger partial charge in [0, 0.05) is 12.1 Å². The molecule has 0 atom stereocenters. The summed E-state index contributed by atoms with van der Waals surface area (Å²) in [5, 5.41) is 11.5. The predicted molar refractivity (Wildman–Crippen MR) is 102 cm³/mol. The van der Waals surface area contributed by atoms with Crippen LogP contribution in [0.2, 0.25) is 0 Å². The van der Waals surface area contributed by atoms with Crippen molar-refractivity contribution in [2.75, 3.05) is 7.11 Å². The number of benzene rings is 2. The van der Waals surface area contributed by atoms with E-state index in [1.165, 1.54) is 13.2 Å². The van der Waals surface area contributed by atoms with Gasteiger partial charge in [0.2, 0.25) is 0 Å². The van der Waals surface area contributed by atoms with Crippen molar-refractivity contribution in [3.05, 3.63) is 46.3 Å². The van der Waals surface area contributed by atoms with Gasteiger partial charge < -0.3 is 23.4 Å². The molecule has 0 amide bonds. The minimum atomic E-state index is -0.580. The molecule has 1 aliphatic heterocycles. The molecule has 2 aromatic heterocycles. The molecule has 5 rings (SSSR count). The maximum Gasteiger partial charge on any atom is 0.348 e. The number of fused-ring (bicyclic) bond motifs is 7. The van der Waals surface area contributed by atoms with Gasteiger partial charge in [0.1, 0.15) is 33.8 Å². The Morgan fingerprint density at radius 2 is 1.89 bits per heavy atom. The highest BCUT2D eigenvalue weighted by atomic mass is 16.5. The lowest BCUT2D eigenvalue weighted by atomic mass is 10.00. The lowest BCUT2D eigenvalue weighted by Crippen LogP contribution is -2.27. The number of phenols is 1. The third kappa shape index (κ3) is 2.16. The average Bonchev–Trinajstić information content (AvgIpc) is 3.01. The molecule has 6 nitrogen and oxygen atoms in total. The van der Waals surface area contributed by atoms with Crippen LogP contribution < -0.4 is 15.1 Å². The summed E-state index contributed by atoms with van der Waals surface area (Å²) in [4.78, 5) is 12.8. The molecule has 0 saturated carbocycles. The molecule has 0 spiro atoms. The lowest BCUT2D eigenvalue weighted by molar-refractivity contribution is 0.159. The quantitative estimate of drug-likeness (QED) is 0.498. The Kier molecular flexibility index (Phi) is 2.97. The van der Waals surface area contributed by atoms with E-state index >= 15 is 0 Å². The highest BCUT2D eigenvalue weighted by molar-refractivity contribution is 6.16. The van der Waals surface area contributed by atoms with Gasteiger partial charge in [-0.15, -0.1) is 0 Å². The Morgan fingerprint density at radius 1 is 1.07 bits per heavy atom. The molecule has 27 heavy (non-hydrogen) atoms. The molecule has 0 bridgehead atoms. The molecule has 0 fully saturated rings. The van der Waals surface area contributed by atoms with Crippen LogP contribution in [0.15, 0.2) is 44.0 Å². The molecular formula is C21H16O6. The van der Waals surface area contributed by atoms with Gasteiger partial charge in [-0.2, -0.15) is 0 Å². The first-order chi connectivity index (χ1) is 12.9. The van der Waals surface area contributed by atoms with Crippen molar-refractivity contribution in [3.8, 4) is 17.2 Å². The number of ether oxygens (including phenoxy) is 2. The minimum absolute atomic E-state index is 0.0994. The first-order valence-electron chi connectivity index (χ1n) is 8.49. The Morgan fingerprint density at radius 3 is 2.67 bits per heavy atom. The standard InChI is InChI=1S/C21H16O6/c1-21(2)7-6-11-14(27-21)5-4-12-18(11)26-20(23)17-16-13(22)8-10(24-3)9-15(16)25-19(12)17/h4-9,22H,1-3H3. The maximum absolute atomic E-state index is 12.8. The Labute approximate surface area is 153 Å². The summed E-state index contributed by atoms with van der Waals surface area (Å²) in [6.07, 6.45) is 3.80. The molecule has 136 valence electrons. The summed E-state index contributed by atoms with van der Waals surface area (Å²) in [5.41, 5.74) is 0.777. The van der Waals surface area contributed by atoms with Crippen molar-refractivity contribution in [2.24, 2.45) is 0 Å². The average molecular weight is 364 g/mol. The van der Waals surface area contributed by atoms with Crippen molar-refractivity contribution in [1.82, 2.24) is 0 Å². The molecule has 1 N–H and O–H groups in total. The Hall–Kier alpha value is -3.41. The van der Waals surface area contributed by atoms with Crippen molar-refractivity contribution in [3.63, 3.8) is 0 Å². The third-order valence-corrected chi connectivity index (χ3v) is 4.80. The van der Waals surface area contributed by atoms with E-state index in [0.29, 0.717) is 44.6 Å². The van der Waals surface area contributed by atoms with Gasteiger partial charge in [-0.3, -0.25) is 0 Å². The molecule has 2 aromatic carbocycles. The van der Waals surface area contributed by atoms with E-state index in [4.69, 9.17) is 18.3 Å². The number of furan rings is 1. The topological polar surface area (TPSA) is 82.0 Å². The highest BCUT2D eigenvalue weighted by Crippen LogP contribution is 2.42. The summed E-state index contributed by atoms with van der Waals surface area (Å²) in [5.74, 6) is 0.972. The third-order valence-electron chi connectivity index (χ3n) is 4.80. The van der Waals surface area contributed by atoms with Crippen LogP contribution in [-0.4, -0.2) is 17.8 Å². The number of methoxy groups -OCH3 is 1. The van der Waals surface area contributed by atoms with E-state index in [0.717, 1.165) is 0 Å². The minimum Gasteiger partial charge on any atom is -0.507 e. The maximum atomic E-state index is 12.8. The van der Waals surface area contributed by atoms with E-state index in [1.807, 2.05) is 32.1 Å². The smallest absolute Gasteiger partial charge is 0.348 e. The van der Waals surface area contributed by atoms with Crippen LogP contribution in [0.4, 0.5) is 0 Å². The second-order valence-electron chi connectivity index (χ2n) is 7.11. The largest absolute Gasteiger partial charge is 0.507 e. The van der Waals surface area contributed by atoms with Crippen LogP contribution >= 0.6 is 0 Å². The van der Waals surface area contributed by atoms with E-state index < -0.39 is 11.2 Å². The van der Waals surface area contributed by atoms with Crippen LogP contribution in [0, 0.1) is 0 Å². The summed E-state index contributed by atoms with van der Waals surface area (Å²) >= 11 is 0. The zero-order chi connectivity index (χ0) is 18.9. The van der Waals surface area contributed by atoms with Crippen molar-refractivity contribution in [2.45, 2.75) is 19.4 Å². The number of aromatic hydroxyl groups is 1. The van der Waals surface area contributed by atoms with Gasteiger partial charge in [-0.1, -0.05) is 0 Å². The number of phenolic OH excluding ortho intramolecular Hbond substituents is 1. The van der Waals surface area contributed by atoms with Crippen molar-refractivity contribution < 1.29 is 23.4 Å². The first kappa shape index (κ1) is 15.8. The second-order valence-corrected chi connectivity index (χ2v) is 7.11. The van der Waals surface area contributed by atoms with Crippen LogP contribution in [0.5, 0.6) is 17.2 Å². The molecule has 0 aliphatic carbocycles. The molecule has 3 heterocycles. The number of hydrogen-bond acceptors (Lipinski definition) is 6. The first-order valence-corrected chi connectivity index (χ1v) is 8.49. The molecule has 0 unspecified atom stereocenters. The van der Waals surface area contributed by atoms with Gasteiger partial charge in [0.05, 0.1) is 23.4 Å². The zero-order valence-corrected chi connectivity index (χ0v) is 15.0. The molecule has 1 aliphatic rings. The van der Waals surface area contributed by atoms with Crippen LogP contribution in [-0.2, 0) is 0 Å². The SMILES string of the molecule is COc1cc(O)c2c(c1)oc1c3ccc4c(c3oc(=O)c12)C=CC(C)(C)O4. The normalized spacial score (nSPS) is 15.2. The fraction of sp³-hybridized carbons (Fsp3) is 0.190. The molecule has 4 aromatic rings. The van der Waals surface area contributed by atoms with Gasteiger partial charge in [0.25, 0.3) is 0 Å². The van der Waals surface area contributed by atoms with Crippen LogP contribution in [0.3, 0.4) is 0 Å². The molecule has 0 radical (unpaired) electrons. The van der Waals surface area contributed by atoms with Crippen LogP contribution in [0.1, 0.15) is 19.4 Å². The van der Waals surface area contributed by atoms with Gasteiger partial charge in [-0.05, 0) is 38.1 Å². The Balaban J connectivity index is 1.93. The molecule has 0 saturated heterocycles. The van der Waals surface area contributed by atoms with Gasteiger partial charge in [-0.25, -0.2) is 4.79 Å². The summed E-state index contributed by atoms with van der Waals surface area (Å²) in [6.45, 7) is 3.90. The van der Waals surface area contributed by atoms with Crippen molar-refractivity contribution >= 4 is 39.0 Å². The zero-order valence-electron chi connectivity index (χ0n) is 15.0. The Bertz CT molecular complexity index is 1340. The second kappa shape index (κ2) is 5.07. The number of hydrogen-bond donors (Lipinski definition) is 1. The summed E-state index contributed by atoms with van der Waals surface area (Å²) < 4.78 is 22.7. The molecule has 6 heteroatoms. The monoisotopic (exact) mass is 364 g/mol. The number of rotatable bonds is 1. The van der Waals surface area contributed by atoms with E-state index in [2.05, 4.69) is 0 Å². The van der Waals surface area contributed by atoms with Gasteiger partial charge >= 0.3 is 5.63 Å².